The third kappa shape index (κ3) is 5.14. The van der Waals surface area contributed by atoms with Crippen molar-refractivity contribution in [1.29, 1.82) is 0 Å². The number of nitrogens with zero attached hydrogens (tertiary/aromatic N) is 4. The summed E-state index contributed by atoms with van der Waals surface area (Å²) in [6, 6.07) is 12.9. The normalized spacial score (nSPS) is 21.3. The average molecular weight is 462 g/mol. The van der Waals surface area contributed by atoms with E-state index in [0.29, 0.717) is 12.4 Å². The number of hydrazone groups is 1. The van der Waals surface area contributed by atoms with Crippen molar-refractivity contribution in [3.05, 3.63) is 78.3 Å². The molecule has 0 aliphatic carbocycles. The van der Waals surface area contributed by atoms with Gasteiger partial charge in [0.2, 0.25) is 5.88 Å². The van der Waals surface area contributed by atoms with E-state index in [9.17, 15) is 4.39 Å². The third-order valence-electron chi connectivity index (χ3n) is 6.70. The number of rotatable bonds is 5. The van der Waals surface area contributed by atoms with Crippen LogP contribution in [0.5, 0.6) is 5.88 Å². The minimum atomic E-state index is -0.197. The molecule has 0 radical (unpaired) electrons. The van der Waals surface area contributed by atoms with Crippen molar-refractivity contribution >= 4 is 11.5 Å². The Morgan fingerprint density at radius 1 is 1.09 bits per heavy atom. The summed E-state index contributed by atoms with van der Waals surface area (Å²) in [7, 11) is 0. The fraction of sp³-hybridized carbons (Fsp3) is 0.407. The number of benzene rings is 1. The van der Waals surface area contributed by atoms with Crippen LogP contribution in [0.25, 0.3) is 5.70 Å². The van der Waals surface area contributed by atoms with Crippen molar-refractivity contribution in [3.8, 4) is 5.88 Å². The number of ether oxygens (including phenoxy) is 1. The maximum absolute atomic E-state index is 13.9. The van der Waals surface area contributed by atoms with E-state index in [1.54, 1.807) is 12.1 Å². The number of amidine groups is 1. The molecule has 0 spiro atoms. The molecule has 3 aliphatic heterocycles. The van der Waals surface area contributed by atoms with Gasteiger partial charge < -0.3 is 15.0 Å². The van der Waals surface area contributed by atoms with Gasteiger partial charge in [0.25, 0.3) is 0 Å². The molecule has 3 aliphatic rings. The Morgan fingerprint density at radius 2 is 1.94 bits per heavy atom. The molecule has 1 atom stereocenters. The second-order valence-corrected chi connectivity index (χ2v) is 9.08. The number of nitrogens with one attached hydrogen (secondary N) is 1. The predicted molar refractivity (Wildman–Crippen MR) is 133 cm³/mol. The Bertz CT molecular complexity index is 1080. The number of aromatic nitrogens is 1. The Morgan fingerprint density at radius 3 is 2.79 bits per heavy atom. The van der Waals surface area contributed by atoms with Crippen LogP contribution in [0.2, 0.25) is 0 Å². The van der Waals surface area contributed by atoms with Crippen LogP contribution in [0.4, 0.5) is 4.39 Å². The summed E-state index contributed by atoms with van der Waals surface area (Å²) in [5.41, 5.74) is 2.48. The highest BCUT2D eigenvalue weighted by atomic mass is 19.1. The fourth-order valence-electron chi connectivity index (χ4n) is 4.90. The Kier molecular flexibility index (Phi) is 6.90. The quantitative estimate of drug-likeness (QED) is 0.697. The van der Waals surface area contributed by atoms with E-state index in [1.807, 2.05) is 29.3 Å². The average Bonchev–Trinajstić information content (AvgIpc) is 2.89. The largest absolute Gasteiger partial charge is 0.474 e. The lowest BCUT2D eigenvalue weighted by atomic mass is 9.95. The molecule has 1 N–H and O–H groups in total. The first-order chi connectivity index (χ1) is 16.7. The smallest absolute Gasteiger partial charge is 0.214 e. The van der Waals surface area contributed by atoms with Gasteiger partial charge in [-0.05, 0) is 75.0 Å². The lowest BCUT2D eigenvalue weighted by molar-refractivity contribution is 0.156. The van der Waals surface area contributed by atoms with Gasteiger partial charge in [0.1, 0.15) is 17.8 Å². The van der Waals surface area contributed by atoms with Gasteiger partial charge in [-0.2, -0.15) is 5.10 Å². The summed E-state index contributed by atoms with van der Waals surface area (Å²) < 4.78 is 20.0. The van der Waals surface area contributed by atoms with Crippen molar-refractivity contribution in [2.24, 2.45) is 5.10 Å². The summed E-state index contributed by atoms with van der Waals surface area (Å²) in [6.07, 6.45) is 9.52. The Hall–Kier alpha value is -3.19. The third-order valence-corrected chi connectivity index (χ3v) is 6.70. The SMILES string of the molecule is C=C(c1cccc(OC2CCNCC2)n1)N1CC=CC(N2CCCCC2c2cccc(F)c2)=N1. The molecule has 178 valence electrons. The van der Waals surface area contributed by atoms with E-state index < -0.39 is 0 Å². The van der Waals surface area contributed by atoms with E-state index in [4.69, 9.17) is 14.8 Å². The molecule has 4 heterocycles. The minimum absolute atomic E-state index is 0.112. The molecule has 5 rings (SSSR count). The van der Waals surface area contributed by atoms with Gasteiger partial charge in [-0.25, -0.2) is 9.37 Å². The lowest BCUT2D eigenvalue weighted by Crippen LogP contribution is -2.40. The van der Waals surface area contributed by atoms with Crippen molar-refractivity contribution in [2.75, 3.05) is 26.2 Å². The molecule has 1 aromatic carbocycles. The van der Waals surface area contributed by atoms with Crippen molar-refractivity contribution < 1.29 is 9.13 Å². The highest BCUT2D eigenvalue weighted by Gasteiger charge is 2.28. The van der Waals surface area contributed by atoms with Crippen LogP contribution in [0.15, 0.2) is 66.3 Å². The summed E-state index contributed by atoms with van der Waals surface area (Å²) >= 11 is 0. The van der Waals surface area contributed by atoms with Crippen LogP contribution in [0.1, 0.15) is 49.4 Å². The molecule has 34 heavy (non-hydrogen) atoms. The van der Waals surface area contributed by atoms with Crippen LogP contribution in [0, 0.1) is 5.82 Å². The molecular formula is C27H32FN5O. The van der Waals surface area contributed by atoms with Crippen molar-refractivity contribution in [2.45, 2.75) is 44.2 Å². The van der Waals surface area contributed by atoms with Gasteiger partial charge in [0.15, 0.2) is 0 Å². The maximum Gasteiger partial charge on any atom is 0.214 e. The van der Waals surface area contributed by atoms with Gasteiger partial charge in [0, 0.05) is 12.6 Å². The number of halogens is 1. The van der Waals surface area contributed by atoms with E-state index in [2.05, 4.69) is 28.9 Å². The first-order valence-electron chi connectivity index (χ1n) is 12.3. The van der Waals surface area contributed by atoms with E-state index in [-0.39, 0.29) is 18.0 Å². The standard InChI is InChI=1S/C27H32FN5O/c1-20(24-9-5-12-27(30-24)34-23-13-15-29-16-14-23)33-18-6-11-26(31-33)32-17-3-2-10-25(32)21-7-4-8-22(28)19-21/h4-9,11-12,19,23,25,29H,1-3,10,13-18H2. The molecule has 0 bridgehead atoms. The van der Waals surface area contributed by atoms with E-state index in [1.165, 1.54) is 6.07 Å². The highest BCUT2D eigenvalue weighted by Crippen LogP contribution is 2.33. The van der Waals surface area contributed by atoms with Crippen molar-refractivity contribution in [3.63, 3.8) is 0 Å². The number of piperidine rings is 2. The number of likely N-dealkylation sites (tertiary alicyclic amines) is 1. The maximum atomic E-state index is 13.9. The fourth-order valence-corrected chi connectivity index (χ4v) is 4.90. The zero-order valence-electron chi connectivity index (χ0n) is 19.5. The molecule has 1 unspecified atom stereocenters. The molecule has 2 saturated heterocycles. The monoisotopic (exact) mass is 461 g/mol. The van der Waals surface area contributed by atoms with Gasteiger partial charge >= 0.3 is 0 Å². The first kappa shape index (κ1) is 22.6. The molecule has 7 heteroatoms. The Labute approximate surface area is 200 Å². The minimum Gasteiger partial charge on any atom is -0.474 e. The van der Waals surface area contributed by atoms with Gasteiger partial charge in [-0.1, -0.05) is 30.9 Å². The van der Waals surface area contributed by atoms with Crippen molar-refractivity contribution in [1.82, 2.24) is 20.2 Å². The van der Waals surface area contributed by atoms with E-state index >= 15 is 0 Å². The van der Waals surface area contributed by atoms with Crippen LogP contribution >= 0.6 is 0 Å². The zero-order valence-corrected chi connectivity index (χ0v) is 19.5. The molecule has 0 saturated carbocycles. The first-order valence-corrected chi connectivity index (χ1v) is 12.3. The summed E-state index contributed by atoms with van der Waals surface area (Å²) in [6.45, 7) is 7.76. The summed E-state index contributed by atoms with van der Waals surface area (Å²) in [5.74, 6) is 1.31. The second kappa shape index (κ2) is 10.4. The van der Waals surface area contributed by atoms with Gasteiger partial charge in [-0.15, -0.1) is 0 Å². The molecule has 6 nitrogen and oxygen atoms in total. The van der Waals surface area contributed by atoms with Gasteiger partial charge in [-0.3, -0.25) is 5.01 Å². The van der Waals surface area contributed by atoms with Gasteiger partial charge in [0.05, 0.1) is 24.0 Å². The lowest BCUT2D eigenvalue weighted by Gasteiger charge is -2.39. The Balaban J connectivity index is 1.33. The molecular weight excluding hydrogens is 429 g/mol. The van der Waals surface area contributed by atoms with Crippen LogP contribution in [0.3, 0.4) is 0 Å². The number of hydrogen-bond donors (Lipinski definition) is 1. The highest BCUT2D eigenvalue weighted by molar-refractivity contribution is 5.94. The predicted octanol–water partition coefficient (Wildman–Crippen LogP) is 4.73. The summed E-state index contributed by atoms with van der Waals surface area (Å²) in [5, 5.41) is 10.2. The molecule has 1 aromatic heterocycles. The van der Waals surface area contributed by atoms with Crippen LogP contribution in [-0.2, 0) is 0 Å². The molecule has 0 amide bonds. The van der Waals surface area contributed by atoms with Crippen LogP contribution < -0.4 is 10.1 Å². The molecule has 2 aromatic rings. The zero-order chi connectivity index (χ0) is 23.3. The summed E-state index contributed by atoms with van der Waals surface area (Å²) in [4.78, 5) is 7.01. The second-order valence-electron chi connectivity index (χ2n) is 9.08. The topological polar surface area (TPSA) is 53.0 Å². The number of hydrogen-bond acceptors (Lipinski definition) is 6. The number of pyridine rings is 1. The van der Waals surface area contributed by atoms with E-state index in [0.717, 1.165) is 74.5 Å². The molecule has 2 fully saturated rings. The van der Waals surface area contributed by atoms with Crippen LogP contribution in [-0.4, -0.2) is 53.0 Å².